The van der Waals surface area contributed by atoms with Gasteiger partial charge in [0.15, 0.2) is 4.34 Å². The van der Waals surface area contributed by atoms with Gasteiger partial charge in [0, 0.05) is 0 Å². The zero-order valence-electron chi connectivity index (χ0n) is 13.9. The molecule has 10 heteroatoms. The second-order valence-electron chi connectivity index (χ2n) is 5.35. The van der Waals surface area contributed by atoms with Crippen molar-refractivity contribution in [2.75, 3.05) is 10.6 Å². The molecule has 140 valence electrons. The zero-order chi connectivity index (χ0) is 19.4. The van der Waals surface area contributed by atoms with E-state index in [1.807, 2.05) is 0 Å². The standard InChI is InChI=1S/C17H13ClF2N4OS2/c1-9(15(25)21-13-7-6-10(19)8-11(13)18)26-17-24-23-16(27-17)22-14-5-3-2-4-12(14)20/h2-9H,1H3,(H,21,25)(H,22,23). The van der Waals surface area contributed by atoms with Gasteiger partial charge in [-0.15, -0.1) is 10.2 Å². The van der Waals surface area contributed by atoms with Gasteiger partial charge in [-0.1, -0.05) is 46.8 Å². The highest BCUT2D eigenvalue weighted by atomic mass is 35.5. The summed E-state index contributed by atoms with van der Waals surface area (Å²) in [7, 11) is 0. The summed E-state index contributed by atoms with van der Waals surface area (Å²) in [6.07, 6.45) is 0. The minimum absolute atomic E-state index is 0.118. The van der Waals surface area contributed by atoms with Crippen molar-refractivity contribution in [1.29, 1.82) is 0 Å². The Morgan fingerprint density at radius 2 is 1.96 bits per heavy atom. The second kappa shape index (κ2) is 8.64. The van der Waals surface area contributed by atoms with Crippen molar-refractivity contribution in [3.05, 3.63) is 59.1 Å². The molecule has 0 aliphatic heterocycles. The summed E-state index contributed by atoms with van der Waals surface area (Å²) in [5, 5.41) is 13.5. The number of amides is 1. The van der Waals surface area contributed by atoms with E-state index in [9.17, 15) is 13.6 Å². The van der Waals surface area contributed by atoms with Crippen LogP contribution in [0.2, 0.25) is 5.02 Å². The molecule has 0 saturated heterocycles. The summed E-state index contributed by atoms with van der Waals surface area (Å²) in [5.41, 5.74) is 0.622. The van der Waals surface area contributed by atoms with E-state index < -0.39 is 16.9 Å². The van der Waals surface area contributed by atoms with Crippen molar-refractivity contribution in [3.8, 4) is 0 Å². The van der Waals surface area contributed by atoms with E-state index in [2.05, 4.69) is 20.8 Å². The Bertz CT molecular complexity index is 970. The number of hydrogen-bond acceptors (Lipinski definition) is 6. The molecule has 2 N–H and O–H groups in total. The molecule has 0 spiro atoms. The van der Waals surface area contributed by atoms with Gasteiger partial charge < -0.3 is 10.6 Å². The number of carbonyl (C=O) groups excluding carboxylic acids is 1. The van der Waals surface area contributed by atoms with E-state index in [1.54, 1.807) is 25.1 Å². The van der Waals surface area contributed by atoms with E-state index in [4.69, 9.17) is 11.6 Å². The molecule has 27 heavy (non-hydrogen) atoms. The Labute approximate surface area is 167 Å². The molecule has 1 aromatic heterocycles. The van der Waals surface area contributed by atoms with E-state index in [-0.39, 0.29) is 10.9 Å². The first-order valence-electron chi connectivity index (χ1n) is 7.70. The smallest absolute Gasteiger partial charge is 0.237 e. The van der Waals surface area contributed by atoms with Crippen molar-refractivity contribution in [3.63, 3.8) is 0 Å². The first-order chi connectivity index (χ1) is 12.9. The molecule has 1 unspecified atom stereocenters. The van der Waals surface area contributed by atoms with E-state index >= 15 is 0 Å². The molecule has 0 bridgehead atoms. The summed E-state index contributed by atoms with van der Waals surface area (Å²) in [6, 6.07) is 9.96. The minimum atomic E-state index is -0.500. The van der Waals surface area contributed by atoms with Crippen LogP contribution >= 0.6 is 34.7 Å². The molecular formula is C17H13ClF2N4OS2. The number of anilines is 3. The number of benzene rings is 2. The number of nitrogens with zero attached hydrogens (tertiary/aromatic N) is 2. The fraction of sp³-hybridized carbons (Fsp3) is 0.118. The van der Waals surface area contributed by atoms with Crippen molar-refractivity contribution < 1.29 is 13.6 Å². The minimum Gasteiger partial charge on any atom is -0.328 e. The summed E-state index contributed by atoms with van der Waals surface area (Å²) in [6.45, 7) is 1.70. The number of nitrogens with one attached hydrogen (secondary N) is 2. The number of halogens is 3. The monoisotopic (exact) mass is 426 g/mol. The highest BCUT2D eigenvalue weighted by Gasteiger charge is 2.18. The molecule has 1 atom stereocenters. The molecule has 0 fully saturated rings. The molecule has 0 aliphatic rings. The maximum Gasteiger partial charge on any atom is 0.237 e. The van der Waals surface area contributed by atoms with Gasteiger partial charge in [0.1, 0.15) is 11.6 Å². The molecule has 1 amide bonds. The number of thioether (sulfide) groups is 1. The number of aromatic nitrogens is 2. The van der Waals surface area contributed by atoms with Crippen molar-refractivity contribution in [2.24, 2.45) is 0 Å². The van der Waals surface area contributed by atoms with Gasteiger partial charge in [0.05, 0.1) is 21.6 Å². The maximum absolute atomic E-state index is 13.7. The third kappa shape index (κ3) is 5.15. The molecule has 3 aromatic rings. The highest BCUT2D eigenvalue weighted by Crippen LogP contribution is 2.32. The largest absolute Gasteiger partial charge is 0.328 e. The van der Waals surface area contributed by atoms with Gasteiger partial charge in [0.2, 0.25) is 11.0 Å². The number of rotatable bonds is 6. The van der Waals surface area contributed by atoms with Gasteiger partial charge in [-0.3, -0.25) is 4.79 Å². The maximum atomic E-state index is 13.7. The summed E-state index contributed by atoms with van der Waals surface area (Å²) < 4.78 is 27.3. The Morgan fingerprint density at radius 3 is 2.70 bits per heavy atom. The second-order valence-corrected chi connectivity index (χ2v) is 8.32. The summed E-state index contributed by atoms with van der Waals surface area (Å²) in [5.74, 6) is -1.19. The Hall–Kier alpha value is -2.23. The summed E-state index contributed by atoms with van der Waals surface area (Å²) in [4.78, 5) is 12.3. The number of carbonyl (C=O) groups is 1. The van der Waals surface area contributed by atoms with Crippen LogP contribution in [0.4, 0.5) is 25.3 Å². The zero-order valence-corrected chi connectivity index (χ0v) is 16.3. The lowest BCUT2D eigenvalue weighted by atomic mass is 10.3. The quantitative estimate of drug-likeness (QED) is 0.521. The molecule has 3 rings (SSSR count). The van der Waals surface area contributed by atoms with Crippen LogP contribution in [0.3, 0.4) is 0 Å². The van der Waals surface area contributed by atoms with Crippen LogP contribution in [0, 0.1) is 11.6 Å². The van der Waals surface area contributed by atoms with Gasteiger partial charge in [-0.2, -0.15) is 0 Å². The van der Waals surface area contributed by atoms with Crippen LogP contribution < -0.4 is 10.6 Å². The Balaban J connectivity index is 1.61. The number of hydrogen-bond donors (Lipinski definition) is 2. The lowest BCUT2D eigenvalue weighted by Crippen LogP contribution is -2.22. The molecule has 0 radical (unpaired) electrons. The van der Waals surface area contributed by atoms with Crippen molar-refractivity contribution in [1.82, 2.24) is 10.2 Å². The van der Waals surface area contributed by atoms with E-state index in [0.29, 0.717) is 20.8 Å². The van der Waals surface area contributed by atoms with Crippen LogP contribution in [-0.2, 0) is 4.79 Å². The van der Waals surface area contributed by atoms with Crippen molar-refractivity contribution >= 4 is 57.1 Å². The third-order valence-electron chi connectivity index (χ3n) is 3.36. The van der Waals surface area contributed by atoms with Crippen LogP contribution in [0.5, 0.6) is 0 Å². The van der Waals surface area contributed by atoms with Crippen molar-refractivity contribution in [2.45, 2.75) is 16.5 Å². The predicted molar refractivity (Wildman–Crippen MR) is 105 cm³/mol. The lowest BCUT2D eigenvalue weighted by Gasteiger charge is -2.11. The predicted octanol–water partition coefficient (Wildman–Crippen LogP) is 5.33. The third-order valence-corrected chi connectivity index (χ3v) is 5.69. The van der Waals surface area contributed by atoms with Crippen LogP contribution in [0.1, 0.15) is 6.92 Å². The Morgan fingerprint density at radius 1 is 1.19 bits per heavy atom. The molecular weight excluding hydrogens is 414 g/mol. The molecule has 2 aromatic carbocycles. The molecule has 0 aliphatic carbocycles. The van der Waals surface area contributed by atoms with Gasteiger partial charge in [-0.05, 0) is 37.3 Å². The van der Waals surface area contributed by atoms with Gasteiger partial charge in [0.25, 0.3) is 0 Å². The molecule has 1 heterocycles. The van der Waals surface area contributed by atoms with E-state index in [1.165, 1.54) is 41.3 Å². The van der Waals surface area contributed by atoms with Crippen LogP contribution in [0.25, 0.3) is 0 Å². The van der Waals surface area contributed by atoms with Gasteiger partial charge >= 0.3 is 0 Å². The first-order valence-corrected chi connectivity index (χ1v) is 9.77. The Kier molecular flexibility index (Phi) is 6.25. The average Bonchev–Trinajstić information content (AvgIpc) is 3.06. The van der Waals surface area contributed by atoms with Crippen LogP contribution in [-0.4, -0.2) is 21.4 Å². The SMILES string of the molecule is CC(Sc1nnc(Nc2ccccc2F)s1)C(=O)Nc1ccc(F)cc1Cl. The molecule has 0 saturated carbocycles. The first kappa shape index (κ1) is 19.5. The average molecular weight is 427 g/mol. The molecule has 5 nitrogen and oxygen atoms in total. The lowest BCUT2D eigenvalue weighted by molar-refractivity contribution is -0.115. The fourth-order valence-electron chi connectivity index (χ4n) is 2.02. The highest BCUT2D eigenvalue weighted by molar-refractivity contribution is 8.02. The summed E-state index contributed by atoms with van der Waals surface area (Å²) >= 11 is 8.31. The fourth-order valence-corrected chi connectivity index (χ4v) is 4.14. The normalized spacial score (nSPS) is 11.9. The number of para-hydroxylation sites is 1. The van der Waals surface area contributed by atoms with E-state index in [0.717, 1.165) is 6.07 Å². The van der Waals surface area contributed by atoms with Crippen LogP contribution in [0.15, 0.2) is 46.8 Å². The topological polar surface area (TPSA) is 66.9 Å². The van der Waals surface area contributed by atoms with Gasteiger partial charge in [-0.25, -0.2) is 8.78 Å².